The van der Waals surface area contributed by atoms with Crippen LogP contribution in [-0.2, 0) is 11.2 Å². The van der Waals surface area contributed by atoms with E-state index in [2.05, 4.69) is 6.92 Å². The highest BCUT2D eigenvalue weighted by atomic mass is 16.5. The van der Waals surface area contributed by atoms with Gasteiger partial charge in [-0.25, -0.2) is 4.79 Å². The van der Waals surface area contributed by atoms with E-state index in [1.54, 1.807) is 6.07 Å². The normalized spacial score (nSPS) is 10.2. The molecular formula is C14H20O4. The lowest BCUT2D eigenvalue weighted by atomic mass is 10.00. The first-order valence-corrected chi connectivity index (χ1v) is 6.12. The Kier molecular flexibility index (Phi) is 5.49. The van der Waals surface area contributed by atoms with Gasteiger partial charge < -0.3 is 14.6 Å². The van der Waals surface area contributed by atoms with Crippen LogP contribution in [0.15, 0.2) is 12.1 Å². The number of carbonyl (C=O) groups excluding carboxylic acids is 1. The first-order valence-electron chi connectivity index (χ1n) is 6.12. The van der Waals surface area contributed by atoms with Crippen molar-refractivity contribution in [2.45, 2.75) is 32.6 Å². The van der Waals surface area contributed by atoms with Gasteiger partial charge in [-0.3, -0.25) is 0 Å². The van der Waals surface area contributed by atoms with Gasteiger partial charge in [-0.1, -0.05) is 19.8 Å². The van der Waals surface area contributed by atoms with Crippen molar-refractivity contribution in [3.05, 3.63) is 23.3 Å². The summed E-state index contributed by atoms with van der Waals surface area (Å²) in [6, 6.07) is 3.21. The van der Waals surface area contributed by atoms with Gasteiger partial charge in [0, 0.05) is 6.07 Å². The second kappa shape index (κ2) is 6.89. The standard InChI is InChI=1S/C14H20O4/c1-4-5-6-7-10-8-11(17-2)9-12(15)13(10)14(16)18-3/h8-9,15H,4-7H2,1-3H3. The summed E-state index contributed by atoms with van der Waals surface area (Å²) in [4.78, 5) is 11.7. The van der Waals surface area contributed by atoms with Crippen LogP contribution in [0.5, 0.6) is 11.5 Å². The number of rotatable bonds is 6. The second-order valence-electron chi connectivity index (χ2n) is 4.13. The number of hydrogen-bond acceptors (Lipinski definition) is 4. The molecule has 4 heteroatoms. The fourth-order valence-corrected chi connectivity index (χ4v) is 1.88. The molecule has 100 valence electrons. The highest BCUT2D eigenvalue weighted by Gasteiger charge is 2.18. The molecule has 1 aromatic carbocycles. The number of esters is 1. The van der Waals surface area contributed by atoms with E-state index in [9.17, 15) is 9.90 Å². The van der Waals surface area contributed by atoms with E-state index in [4.69, 9.17) is 9.47 Å². The molecule has 1 N–H and O–H groups in total. The SMILES string of the molecule is CCCCCc1cc(OC)cc(O)c1C(=O)OC. The van der Waals surface area contributed by atoms with Crippen LogP contribution in [0.2, 0.25) is 0 Å². The van der Waals surface area contributed by atoms with E-state index in [1.165, 1.54) is 20.3 Å². The lowest BCUT2D eigenvalue weighted by Gasteiger charge is -2.12. The molecular weight excluding hydrogens is 232 g/mol. The van der Waals surface area contributed by atoms with Gasteiger partial charge in [0.2, 0.25) is 0 Å². The smallest absolute Gasteiger partial charge is 0.341 e. The Bertz CT molecular complexity index is 413. The predicted octanol–water partition coefficient (Wildman–Crippen LogP) is 2.92. The number of aryl methyl sites for hydroxylation is 1. The minimum Gasteiger partial charge on any atom is -0.507 e. The largest absolute Gasteiger partial charge is 0.507 e. The van der Waals surface area contributed by atoms with Crippen molar-refractivity contribution in [1.82, 2.24) is 0 Å². The molecule has 0 unspecified atom stereocenters. The molecule has 0 aromatic heterocycles. The maximum absolute atomic E-state index is 11.7. The van der Waals surface area contributed by atoms with Crippen molar-refractivity contribution in [2.75, 3.05) is 14.2 Å². The Balaban J connectivity index is 3.08. The molecule has 18 heavy (non-hydrogen) atoms. The number of carbonyl (C=O) groups is 1. The van der Waals surface area contributed by atoms with Crippen molar-refractivity contribution >= 4 is 5.97 Å². The number of methoxy groups -OCH3 is 2. The van der Waals surface area contributed by atoms with Crippen LogP contribution < -0.4 is 4.74 Å². The average molecular weight is 252 g/mol. The van der Waals surface area contributed by atoms with Crippen LogP contribution >= 0.6 is 0 Å². The first-order chi connectivity index (χ1) is 8.63. The Morgan fingerprint density at radius 3 is 2.56 bits per heavy atom. The predicted molar refractivity (Wildman–Crippen MR) is 69.2 cm³/mol. The summed E-state index contributed by atoms with van der Waals surface area (Å²) in [5, 5.41) is 9.88. The maximum atomic E-state index is 11.7. The van der Waals surface area contributed by atoms with Gasteiger partial charge in [-0.05, 0) is 24.5 Å². The first kappa shape index (κ1) is 14.4. The Hall–Kier alpha value is -1.71. The molecule has 0 spiro atoms. The zero-order chi connectivity index (χ0) is 13.5. The number of unbranched alkanes of at least 4 members (excludes halogenated alkanes) is 2. The molecule has 0 aliphatic carbocycles. The van der Waals surface area contributed by atoms with Gasteiger partial charge in [0.05, 0.1) is 14.2 Å². The Morgan fingerprint density at radius 1 is 1.28 bits per heavy atom. The van der Waals surface area contributed by atoms with Crippen LogP contribution in [0, 0.1) is 0 Å². The molecule has 0 fully saturated rings. The molecule has 0 bridgehead atoms. The van der Waals surface area contributed by atoms with Crippen molar-refractivity contribution < 1.29 is 19.4 Å². The van der Waals surface area contributed by atoms with Gasteiger partial charge in [0.1, 0.15) is 17.1 Å². The number of aromatic hydroxyl groups is 1. The summed E-state index contributed by atoms with van der Waals surface area (Å²) in [5.74, 6) is -0.0546. The second-order valence-corrected chi connectivity index (χ2v) is 4.13. The zero-order valence-electron chi connectivity index (χ0n) is 11.2. The van der Waals surface area contributed by atoms with Crippen LogP contribution in [0.3, 0.4) is 0 Å². The fourth-order valence-electron chi connectivity index (χ4n) is 1.88. The molecule has 1 rings (SSSR count). The molecule has 0 heterocycles. The fraction of sp³-hybridized carbons (Fsp3) is 0.500. The van der Waals surface area contributed by atoms with Gasteiger partial charge >= 0.3 is 5.97 Å². The van der Waals surface area contributed by atoms with Crippen molar-refractivity contribution in [2.24, 2.45) is 0 Å². The summed E-state index contributed by atoms with van der Waals surface area (Å²) in [6.45, 7) is 2.12. The molecule has 0 aliphatic heterocycles. The molecule has 1 aromatic rings. The maximum Gasteiger partial charge on any atom is 0.341 e. The molecule has 4 nitrogen and oxygen atoms in total. The van der Waals surface area contributed by atoms with Crippen LogP contribution in [0.4, 0.5) is 0 Å². The number of ether oxygens (including phenoxy) is 2. The van der Waals surface area contributed by atoms with E-state index in [-0.39, 0.29) is 11.3 Å². The summed E-state index contributed by atoms with van der Waals surface area (Å²) >= 11 is 0. The average Bonchev–Trinajstić information content (AvgIpc) is 2.37. The highest BCUT2D eigenvalue weighted by molar-refractivity contribution is 5.94. The minimum atomic E-state index is -0.512. The number of benzene rings is 1. The quantitative estimate of drug-likeness (QED) is 0.624. The van der Waals surface area contributed by atoms with E-state index >= 15 is 0 Å². The van der Waals surface area contributed by atoms with Gasteiger partial charge in [0.25, 0.3) is 0 Å². The summed E-state index contributed by atoms with van der Waals surface area (Å²) in [5.41, 5.74) is 1.02. The third-order valence-corrected chi connectivity index (χ3v) is 2.85. The lowest BCUT2D eigenvalue weighted by molar-refractivity contribution is 0.0596. The van der Waals surface area contributed by atoms with E-state index < -0.39 is 5.97 Å². The van der Waals surface area contributed by atoms with E-state index in [0.717, 1.165) is 31.2 Å². The molecule has 0 radical (unpaired) electrons. The number of hydrogen-bond donors (Lipinski definition) is 1. The third-order valence-electron chi connectivity index (χ3n) is 2.85. The monoisotopic (exact) mass is 252 g/mol. The number of phenolic OH excluding ortho intramolecular Hbond substituents is 1. The molecule has 0 aliphatic rings. The molecule has 0 saturated carbocycles. The van der Waals surface area contributed by atoms with Gasteiger partial charge in [-0.15, -0.1) is 0 Å². The highest BCUT2D eigenvalue weighted by Crippen LogP contribution is 2.29. The summed E-state index contributed by atoms with van der Waals surface area (Å²) < 4.78 is 9.80. The minimum absolute atomic E-state index is 0.0901. The van der Waals surface area contributed by atoms with Crippen LogP contribution in [-0.4, -0.2) is 25.3 Å². The third kappa shape index (κ3) is 3.39. The summed E-state index contributed by atoms with van der Waals surface area (Å²) in [6.07, 6.45) is 3.87. The Morgan fingerprint density at radius 2 is 2.00 bits per heavy atom. The Labute approximate surface area is 108 Å². The van der Waals surface area contributed by atoms with Crippen molar-refractivity contribution in [3.63, 3.8) is 0 Å². The molecule has 0 atom stereocenters. The molecule has 0 amide bonds. The lowest BCUT2D eigenvalue weighted by Crippen LogP contribution is -2.07. The van der Waals surface area contributed by atoms with E-state index in [1.807, 2.05) is 0 Å². The zero-order valence-corrected chi connectivity index (χ0v) is 11.2. The van der Waals surface area contributed by atoms with Crippen molar-refractivity contribution in [1.29, 1.82) is 0 Å². The van der Waals surface area contributed by atoms with Gasteiger partial charge in [-0.2, -0.15) is 0 Å². The molecule has 0 saturated heterocycles. The number of phenols is 1. The van der Waals surface area contributed by atoms with Crippen molar-refractivity contribution in [3.8, 4) is 11.5 Å². The topological polar surface area (TPSA) is 55.8 Å². The summed E-state index contributed by atoms with van der Waals surface area (Å²) in [7, 11) is 2.84. The van der Waals surface area contributed by atoms with E-state index in [0.29, 0.717) is 5.75 Å². The van der Waals surface area contributed by atoms with Crippen LogP contribution in [0.25, 0.3) is 0 Å². The van der Waals surface area contributed by atoms with Gasteiger partial charge in [0.15, 0.2) is 0 Å². The van der Waals surface area contributed by atoms with Crippen LogP contribution in [0.1, 0.15) is 42.1 Å².